The van der Waals surface area contributed by atoms with Gasteiger partial charge in [-0.05, 0) is 17.7 Å². The zero-order valence-electron chi connectivity index (χ0n) is 11.1. The lowest BCUT2D eigenvalue weighted by molar-refractivity contribution is -0.136. The fourth-order valence-corrected chi connectivity index (χ4v) is 2.54. The minimum absolute atomic E-state index is 0.0519. The van der Waals surface area contributed by atoms with Crippen LogP contribution in [0.4, 0.5) is 13.2 Å². The summed E-state index contributed by atoms with van der Waals surface area (Å²) >= 11 is 0. The van der Waals surface area contributed by atoms with Crippen LogP contribution < -0.4 is 0 Å². The maximum Gasteiger partial charge on any atom is 0.417 e. The number of carboxylic acid groups (broad SMARTS) is 1. The molecule has 0 unspecified atom stereocenters. The van der Waals surface area contributed by atoms with E-state index in [1.807, 2.05) is 0 Å². The number of fused-ring (bicyclic) bond motifs is 1. The van der Waals surface area contributed by atoms with Crippen molar-refractivity contribution in [1.29, 1.82) is 0 Å². The molecule has 1 heterocycles. The number of H-pyrrole nitrogens is 1. The van der Waals surface area contributed by atoms with Crippen molar-refractivity contribution < 1.29 is 23.1 Å². The predicted molar refractivity (Wildman–Crippen MR) is 75.7 cm³/mol. The molecular formula is C16H10F3NO2. The summed E-state index contributed by atoms with van der Waals surface area (Å²) in [5, 5.41) is 9.18. The van der Waals surface area contributed by atoms with Crippen LogP contribution in [0.2, 0.25) is 0 Å². The highest BCUT2D eigenvalue weighted by Crippen LogP contribution is 2.41. The van der Waals surface area contributed by atoms with Crippen molar-refractivity contribution in [3.05, 3.63) is 59.8 Å². The van der Waals surface area contributed by atoms with Gasteiger partial charge in [0.2, 0.25) is 0 Å². The van der Waals surface area contributed by atoms with Gasteiger partial charge in [0.05, 0.1) is 5.56 Å². The third-order valence-corrected chi connectivity index (χ3v) is 3.41. The van der Waals surface area contributed by atoms with Gasteiger partial charge in [0.1, 0.15) is 5.69 Å². The summed E-state index contributed by atoms with van der Waals surface area (Å²) in [6.45, 7) is 0. The van der Waals surface area contributed by atoms with Crippen LogP contribution >= 0.6 is 0 Å². The van der Waals surface area contributed by atoms with Gasteiger partial charge in [-0.1, -0.05) is 36.4 Å². The molecule has 6 heteroatoms. The average molecular weight is 305 g/mol. The van der Waals surface area contributed by atoms with Gasteiger partial charge in [-0.2, -0.15) is 13.2 Å². The Balaban J connectivity index is 2.46. The lowest BCUT2D eigenvalue weighted by Crippen LogP contribution is -2.05. The Labute approximate surface area is 123 Å². The molecule has 3 nitrogen and oxygen atoms in total. The van der Waals surface area contributed by atoms with Crippen molar-refractivity contribution in [3.63, 3.8) is 0 Å². The van der Waals surface area contributed by atoms with Crippen molar-refractivity contribution in [3.8, 4) is 11.1 Å². The van der Waals surface area contributed by atoms with Crippen LogP contribution in [0.5, 0.6) is 0 Å². The molecule has 0 aliphatic heterocycles. The number of aromatic amines is 1. The summed E-state index contributed by atoms with van der Waals surface area (Å²) < 4.78 is 39.8. The molecule has 22 heavy (non-hydrogen) atoms. The standard InChI is InChI=1S/C16H10F3NO2/c17-16(18,19)10-7-4-8-11-13(10)12(14(20-11)15(21)22)9-5-2-1-3-6-9/h1-8,20H,(H,21,22). The lowest BCUT2D eigenvalue weighted by Gasteiger charge is -2.10. The summed E-state index contributed by atoms with van der Waals surface area (Å²) in [4.78, 5) is 14.0. The van der Waals surface area contributed by atoms with Crippen molar-refractivity contribution in [2.75, 3.05) is 0 Å². The van der Waals surface area contributed by atoms with Crippen LogP contribution in [0.1, 0.15) is 16.1 Å². The number of aromatic carboxylic acids is 1. The molecule has 3 rings (SSSR count). The van der Waals surface area contributed by atoms with E-state index in [0.29, 0.717) is 5.56 Å². The normalized spacial score (nSPS) is 11.8. The molecule has 0 aliphatic carbocycles. The van der Waals surface area contributed by atoms with Crippen molar-refractivity contribution in [2.45, 2.75) is 6.18 Å². The first kappa shape index (κ1) is 14.2. The van der Waals surface area contributed by atoms with Gasteiger partial charge in [-0.15, -0.1) is 0 Å². The molecule has 2 aromatic carbocycles. The summed E-state index contributed by atoms with van der Waals surface area (Å²) in [6.07, 6.45) is -4.57. The number of carbonyl (C=O) groups is 1. The monoisotopic (exact) mass is 305 g/mol. The van der Waals surface area contributed by atoms with Gasteiger partial charge in [-0.25, -0.2) is 4.79 Å². The number of hydrogen-bond donors (Lipinski definition) is 2. The average Bonchev–Trinajstić information content (AvgIpc) is 2.86. The first-order chi connectivity index (χ1) is 10.4. The second-order valence-electron chi connectivity index (χ2n) is 4.77. The smallest absolute Gasteiger partial charge is 0.417 e. The van der Waals surface area contributed by atoms with Crippen molar-refractivity contribution >= 4 is 16.9 Å². The van der Waals surface area contributed by atoms with E-state index >= 15 is 0 Å². The van der Waals surface area contributed by atoms with Gasteiger partial charge in [0.15, 0.2) is 0 Å². The van der Waals surface area contributed by atoms with Gasteiger partial charge in [-0.3, -0.25) is 0 Å². The molecule has 0 amide bonds. The van der Waals surface area contributed by atoms with Crippen LogP contribution in [0.15, 0.2) is 48.5 Å². The Hall–Kier alpha value is -2.76. The highest BCUT2D eigenvalue weighted by molar-refractivity contribution is 6.08. The maximum absolute atomic E-state index is 13.3. The fraction of sp³-hybridized carbons (Fsp3) is 0.0625. The van der Waals surface area contributed by atoms with E-state index in [2.05, 4.69) is 4.98 Å². The second-order valence-corrected chi connectivity index (χ2v) is 4.77. The van der Waals surface area contributed by atoms with E-state index in [9.17, 15) is 23.1 Å². The van der Waals surface area contributed by atoms with E-state index in [4.69, 9.17) is 0 Å². The second kappa shape index (κ2) is 4.91. The molecule has 0 saturated carbocycles. The topological polar surface area (TPSA) is 53.1 Å². The Morgan fingerprint density at radius 3 is 2.27 bits per heavy atom. The number of alkyl halides is 3. The number of rotatable bonds is 2. The van der Waals surface area contributed by atoms with Crippen molar-refractivity contribution in [1.82, 2.24) is 4.98 Å². The number of halogens is 3. The minimum Gasteiger partial charge on any atom is -0.477 e. The van der Waals surface area contributed by atoms with Crippen molar-refractivity contribution in [2.24, 2.45) is 0 Å². The molecule has 0 atom stereocenters. The zero-order valence-corrected chi connectivity index (χ0v) is 11.1. The summed E-state index contributed by atoms with van der Waals surface area (Å²) in [6, 6.07) is 11.8. The Morgan fingerprint density at radius 2 is 1.68 bits per heavy atom. The van der Waals surface area contributed by atoms with Gasteiger partial charge < -0.3 is 10.1 Å². The van der Waals surface area contributed by atoms with Crippen LogP contribution in [-0.2, 0) is 6.18 Å². The van der Waals surface area contributed by atoms with E-state index in [1.165, 1.54) is 12.1 Å². The van der Waals surface area contributed by atoms with E-state index in [0.717, 1.165) is 6.07 Å². The first-order valence-electron chi connectivity index (χ1n) is 6.40. The molecule has 0 aliphatic rings. The zero-order chi connectivity index (χ0) is 15.9. The molecule has 112 valence electrons. The Bertz CT molecular complexity index is 851. The van der Waals surface area contributed by atoms with Crippen LogP contribution in [0.25, 0.3) is 22.0 Å². The lowest BCUT2D eigenvalue weighted by atomic mass is 9.98. The highest BCUT2D eigenvalue weighted by Gasteiger charge is 2.35. The predicted octanol–water partition coefficient (Wildman–Crippen LogP) is 4.55. The number of benzene rings is 2. The molecule has 0 fully saturated rings. The Morgan fingerprint density at radius 1 is 1.00 bits per heavy atom. The van der Waals surface area contributed by atoms with E-state index in [-0.39, 0.29) is 22.2 Å². The van der Waals surface area contributed by atoms with E-state index < -0.39 is 17.7 Å². The molecule has 3 aromatic rings. The quantitative estimate of drug-likeness (QED) is 0.729. The highest BCUT2D eigenvalue weighted by atomic mass is 19.4. The summed E-state index contributed by atoms with van der Waals surface area (Å²) in [7, 11) is 0. The molecule has 0 saturated heterocycles. The van der Waals surface area contributed by atoms with Gasteiger partial charge >= 0.3 is 12.1 Å². The number of aromatic nitrogens is 1. The molecule has 0 radical (unpaired) electrons. The minimum atomic E-state index is -4.57. The Kier molecular flexibility index (Phi) is 3.16. The van der Waals surface area contributed by atoms with Crippen LogP contribution in [-0.4, -0.2) is 16.1 Å². The molecule has 2 N–H and O–H groups in total. The summed E-state index contributed by atoms with van der Waals surface area (Å²) in [5.41, 5.74) is -0.490. The SMILES string of the molecule is O=C(O)c1[nH]c2cccc(C(F)(F)F)c2c1-c1ccccc1. The van der Waals surface area contributed by atoms with Gasteiger partial charge in [0.25, 0.3) is 0 Å². The van der Waals surface area contributed by atoms with Crippen LogP contribution in [0, 0.1) is 0 Å². The number of nitrogens with one attached hydrogen (secondary N) is 1. The van der Waals surface area contributed by atoms with Crippen LogP contribution in [0.3, 0.4) is 0 Å². The molecule has 0 bridgehead atoms. The first-order valence-corrected chi connectivity index (χ1v) is 6.40. The third-order valence-electron chi connectivity index (χ3n) is 3.41. The molecular weight excluding hydrogens is 295 g/mol. The maximum atomic E-state index is 13.3. The molecule has 0 spiro atoms. The summed E-state index contributed by atoms with van der Waals surface area (Å²) in [5.74, 6) is -1.30. The number of hydrogen-bond acceptors (Lipinski definition) is 1. The molecule has 1 aromatic heterocycles. The fourth-order valence-electron chi connectivity index (χ4n) is 2.54. The van der Waals surface area contributed by atoms with E-state index in [1.54, 1.807) is 30.3 Å². The third kappa shape index (κ3) is 2.22. The largest absolute Gasteiger partial charge is 0.477 e. The van der Waals surface area contributed by atoms with Gasteiger partial charge in [0, 0.05) is 16.5 Å². The number of carboxylic acids is 1.